The summed E-state index contributed by atoms with van der Waals surface area (Å²) in [6, 6.07) is 8.17. The smallest absolute Gasteiger partial charge is 0.123 e. The summed E-state index contributed by atoms with van der Waals surface area (Å²) in [6.07, 6.45) is 8.84. The van der Waals surface area contributed by atoms with Crippen molar-refractivity contribution in [3.8, 4) is 0 Å². The van der Waals surface area contributed by atoms with Crippen LogP contribution in [0.2, 0.25) is 0 Å². The van der Waals surface area contributed by atoms with E-state index in [9.17, 15) is 4.39 Å². The largest absolute Gasteiger partial charge is 0.317 e. The van der Waals surface area contributed by atoms with Crippen molar-refractivity contribution >= 4 is 0 Å². The van der Waals surface area contributed by atoms with Crippen molar-refractivity contribution in [3.05, 3.63) is 35.6 Å². The first-order chi connectivity index (χ1) is 11.2. The lowest BCUT2D eigenvalue weighted by Gasteiger charge is -2.38. The van der Waals surface area contributed by atoms with Gasteiger partial charge < -0.3 is 5.32 Å². The molecule has 1 aromatic carbocycles. The van der Waals surface area contributed by atoms with Crippen LogP contribution in [0.5, 0.6) is 0 Å². The molecular weight excluding hydrogens is 287 g/mol. The quantitative estimate of drug-likeness (QED) is 0.573. The summed E-state index contributed by atoms with van der Waals surface area (Å²) in [5.74, 6) is -0.0930. The molecule has 2 heterocycles. The molecule has 0 amide bonds. The Morgan fingerprint density at radius 2 is 2.09 bits per heavy atom. The second-order valence-corrected chi connectivity index (χ2v) is 7.44. The highest BCUT2D eigenvalue weighted by Crippen LogP contribution is 2.38. The molecule has 1 aromatic rings. The second kappa shape index (κ2) is 7.76. The zero-order valence-corrected chi connectivity index (χ0v) is 14.5. The van der Waals surface area contributed by atoms with Crippen LogP contribution in [0.25, 0.3) is 0 Å². The minimum absolute atomic E-state index is 0.0930. The van der Waals surface area contributed by atoms with Gasteiger partial charge in [0.1, 0.15) is 5.82 Å². The van der Waals surface area contributed by atoms with E-state index in [2.05, 4.69) is 23.2 Å². The van der Waals surface area contributed by atoms with E-state index in [-0.39, 0.29) is 11.2 Å². The van der Waals surface area contributed by atoms with Crippen molar-refractivity contribution in [3.63, 3.8) is 0 Å². The second-order valence-electron chi connectivity index (χ2n) is 7.44. The molecule has 23 heavy (non-hydrogen) atoms. The van der Waals surface area contributed by atoms with Crippen molar-refractivity contribution in [1.82, 2.24) is 10.2 Å². The molecule has 2 saturated heterocycles. The normalized spacial score (nSPS) is 26.2. The Morgan fingerprint density at radius 1 is 1.26 bits per heavy atom. The minimum Gasteiger partial charge on any atom is -0.317 e. The van der Waals surface area contributed by atoms with Gasteiger partial charge in [-0.25, -0.2) is 4.39 Å². The Morgan fingerprint density at radius 3 is 2.83 bits per heavy atom. The average Bonchev–Trinajstić information content (AvgIpc) is 3.33. The molecule has 1 N–H and O–H groups in total. The third-order valence-electron chi connectivity index (χ3n) is 5.84. The summed E-state index contributed by atoms with van der Waals surface area (Å²) < 4.78 is 13.7. The third-order valence-corrected chi connectivity index (χ3v) is 5.84. The Kier molecular flexibility index (Phi) is 5.71. The van der Waals surface area contributed by atoms with Gasteiger partial charge in [-0.2, -0.15) is 0 Å². The lowest BCUT2D eigenvalue weighted by atomic mass is 9.71. The monoisotopic (exact) mass is 318 g/mol. The van der Waals surface area contributed by atoms with Crippen LogP contribution in [0.4, 0.5) is 4.39 Å². The summed E-state index contributed by atoms with van der Waals surface area (Å²) in [5, 5.41) is 3.46. The summed E-state index contributed by atoms with van der Waals surface area (Å²) in [5.41, 5.74) is 1.38. The van der Waals surface area contributed by atoms with Gasteiger partial charge in [-0.15, -0.1) is 0 Å². The predicted octanol–water partition coefficient (Wildman–Crippen LogP) is 4.10. The lowest BCUT2D eigenvalue weighted by molar-refractivity contribution is 0.266. The number of halogens is 1. The standard InChI is InChI=1S/C20H31FN2/c1-2-3-4-8-19-16-23(19)14-11-20(9-12-22-13-10-20)17-6-5-7-18(21)15-17/h5-7,15,19,22H,2-4,8-14,16H2,1H3/t19-,23?/m0/s1. The van der Waals surface area contributed by atoms with Gasteiger partial charge in [-0.05, 0) is 68.4 Å². The van der Waals surface area contributed by atoms with Gasteiger partial charge >= 0.3 is 0 Å². The summed E-state index contributed by atoms with van der Waals surface area (Å²) in [6.45, 7) is 6.83. The Labute approximate surface area is 140 Å². The van der Waals surface area contributed by atoms with Crippen LogP contribution in [-0.4, -0.2) is 37.1 Å². The van der Waals surface area contributed by atoms with E-state index >= 15 is 0 Å². The van der Waals surface area contributed by atoms with Gasteiger partial charge in [-0.3, -0.25) is 4.90 Å². The first-order valence-electron chi connectivity index (χ1n) is 9.44. The van der Waals surface area contributed by atoms with Crippen LogP contribution >= 0.6 is 0 Å². The lowest BCUT2D eigenvalue weighted by Crippen LogP contribution is -2.41. The molecular formula is C20H31FN2. The zero-order valence-electron chi connectivity index (χ0n) is 14.5. The fourth-order valence-electron chi connectivity index (χ4n) is 4.17. The number of hydrogen-bond acceptors (Lipinski definition) is 2. The number of nitrogens with one attached hydrogen (secondary N) is 1. The molecule has 2 nitrogen and oxygen atoms in total. The highest BCUT2D eigenvalue weighted by atomic mass is 19.1. The maximum absolute atomic E-state index is 13.7. The molecule has 1 unspecified atom stereocenters. The molecule has 0 bridgehead atoms. The predicted molar refractivity (Wildman–Crippen MR) is 94.3 cm³/mol. The van der Waals surface area contributed by atoms with Crippen LogP contribution in [0.1, 0.15) is 57.4 Å². The van der Waals surface area contributed by atoms with Crippen molar-refractivity contribution < 1.29 is 4.39 Å². The van der Waals surface area contributed by atoms with Gasteiger partial charge in [0.2, 0.25) is 0 Å². The van der Waals surface area contributed by atoms with Crippen LogP contribution in [-0.2, 0) is 5.41 Å². The molecule has 2 aliphatic rings. The van der Waals surface area contributed by atoms with Crippen LogP contribution in [0.3, 0.4) is 0 Å². The van der Waals surface area contributed by atoms with E-state index in [1.807, 2.05) is 6.07 Å². The molecule has 0 spiro atoms. The average molecular weight is 318 g/mol. The fourth-order valence-corrected chi connectivity index (χ4v) is 4.17. The molecule has 2 atom stereocenters. The maximum atomic E-state index is 13.7. The van der Waals surface area contributed by atoms with Crippen LogP contribution in [0.15, 0.2) is 24.3 Å². The van der Waals surface area contributed by atoms with Crippen molar-refractivity contribution in [1.29, 1.82) is 0 Å². The van der Waals surface area contributed by atoms with E-state index in [1.54, 1.807) is 12.1 Å². The van der Waals surface area contributed by atoms with Crippen molar-refractivity contribution in [2.24, 2.45) is 0 Å². The zero-order chi connectivity index (χ0) is 16.1. The van der Waals surface area contributed by atoms with E-state index in [4.69, 9.17) is 0 Å². The number of rotatable bonds is 8. The highest BCUT2D eigenvalue weighted by molar-refractivity contribution is 5.27. The van der Waals surface area contributed by atoms with E-state index < -0.39 is 0 Å². The topological polar surface area (TPSA) is 15.0 Å². The first-order valence-corrected chi connectivity index (χ1v) is 9.44. The Hall–Kier alpha value is -0.930. The number of nitrogens with zero attached hydrogens (tertiary/aromatic N) is 1. The van der Waals surface area contributed by atoms with Gasteiger partial charge in [0.05, 0.1) is 0 Å². The van der Waals surface area contributed by atoms with Crippen molar-refractivity contribution in [2.45, 2.75) is 63.3 Å². The molecule has 2 fully saturated rings. The first kappa shape index (κ1) is 16.9. The Bertz CT molecular complexity index is 496. The fraction of sp³-hybridized carbons (Fsp3) is 0.700. The van der Waals surface area contributed by atoms with Gasteiger partial charge in [0.15, 0.2) is 0 Å². The molecule has 3 rings (SSSR count). The SMILES string of the molecule is CCCCC[C@H]1CN1CCC1(c2cccc(F)c2)CCNCC1. The van der Waals surface area contributed by atoms with Gasteiger partial charge in [0, 0.05) is 12.6 Å². The summed E-state index contributed by atoms with van der Waals surface area (Å²) >= 11 is 0. The summed E-state index contributed by atoms with van der Waals surface area (Å²) in [4.78, 5) is 2.62. The number of unbranched alkanes of at least 4 members (excludes halogenated alkanes) is 2. The molecule has 2 aliphatic heterocycles. The van der Waals surface area contributed by atoms with Gasteiger partial charge in [0.25, 0.3) is 0 Å². The summed E-state index contributed by atoms with van der Waals surface area (Å²) in [7, 11) is 0. The number of benzene rings is 1. The molecule has 0 saturated carbocycles. The third kappa shape index (κ3) is 4.33. The minimum atomic E-state index is -0.0930. The van der Waals surface area contributed by atoms with E-state index in [1.165, 1.54) is 50.8 Å². The number of piperidine rings is 1. The molecule has 128 valence electrons. The highest BCUT2D eigenvalue weighted by Gasteiger charge is 2.38. The molecule has 0 radical (unpaired) electrons. The van der Waals surface area contributed by atoms with E-state index in [0.29, 0.717) is 0 Å². The van der Waals surface area contributed by atoms with Crippen LogP contribution < -0.4 is 5.32 Å². The molecule has 0 aliphatic carbocycles. The van der Waals surface area contributed by atoms with Gasteiger partial charge in [-0.1, -0.05) is 38.3 Å². The van der Waals surface area contributed by atoms with E-state index in [0.717, 1.165) is 32.0 Å². The van der Waals surface area contributed by atoms with Crippen LogP contribution in [0, 0.1) is 5.82 Å². The van der Waals surface area contributed by atoms with Crippen molar-refractivity contribution in [2.75, 3.05) is 26.2 Å². The number of hydrogen-bond donors (Lipinski definition) is 1. The molecule has 3 heteroatoms. The maximum Gasteiger partial charge on any atom is 0.123 e. The Balaban J connectivity index is 1.58. The molecule has 0 aromatic heterocycles.